The molecular formula is C14H20N4O2S. The lowest BCUT2D eigenvalue weighted by Crippen LogP contribution is -2.26. The summed E-state index contributed by atoms with van der Waals surface area (Å²) in [5, 5.41) is 0.0490. The van der Waals surface area contributed by atoms with Crippen molar-refractivity contribution in [3.63, 3.8) is 0 Å². The zero-order valence-corrected chi connectivity index (χ0v) is 13.3. The van der Waals surface area contributed by atoms with E-state index in [1.165, 1.54) is 12.5 Å². The zero-order valence-electron chi connectivity index (χ0n) is 12.4. The topological polar surface area (TPSA) is 67.2 Å². The van der Waals surface area contributed by atoms with E-state index in [1.54, 1.807) is 11.6 Å². The Labute approximate surface area is 125 Å². The molecule has 0 saturated carbocycles. The van der Waals surface area contributed by atoms with E-state index < -0.39 is 10.0 Å². The average Bonchev–Trinajstić information content (AvgIpc) is 2.87. The van der Waals surface area contributed by atoms with Gasteiger partial charge >= 0.3 is 0 Å². The summed E-state index contributed by atoms with van der Waals surface area (Å²) in [6.45, 7) is 0.347. The van der Waals surface area contributed by atoms with E-state index >= 15 is 0 Å². The van der Waals surface area contributed by atoms with Crippen molar-refractivity contribution >= 4 is 15.7 Å². The van der Waals surface area contributed by atoms with E-state index in [1.807, 2.05) is 43.3 Å². The van der Waals surface area contributed by atoms with Crippen molar-refractivity contribution in [2.45, 2.75) is 11.4 Å². The average molecular weight is 308 g/mol. The molecule has 0 aliphatic heterocycles. The summed E-state index contributed by atoms with van der Waals surface area (Å²) in [7, 11) is 2.18. The van der Waals surface area contributed by atoms with Crippen molar-refractivity contribution < 1.29 is 8.42 Å². The molecular weight excluding hydrogens is 288 g/mol. The number of imidazole rings is 1. The third-order valence-electron chi connectivity index (χ3n) is 3.12. The number of nitrogens with one attached hydrogen (secondary N) is 1. The van der Waals surface area contributed by atoms with Gasteiger partial charge in [0.1, 0.15) is 0 Å². The van der Waals surface area contributed by atoms with Crippen molar-refractivity contribution in [1.82, 2.24) is 14.3 Å². The van der Waals surface area contributed by atoms with Crippen molar-refractivity contribution in [2.75, 3.05) is 25.5 Å². The van der Waals surface area contributed by atoms with Crippen LogP contribution in [0.2, 0.25) is 0 Å². The molecule has 2 aromatic rings. The lowest BCUT2D eigenvalue weighted by Gasteiger charge is -2.12. The van der Waals surface area contributed by atoms with Crippen LogP contribution in [0.15, 0.2) is 41.8 Å². The lowest BCUT2D eigenvalue weighted by molar-refractivity contribution is 0.578. The first-order valence-electron chi connectivity index (χ1n) is 6.62. The predicted molar refractivity (Wildman–Crippen MR) is 82.9 cm³/mol. The van der Waals surface area contributed by atoms with Crippen molar-refractivity contribution in [1.29, 1.82) is 0 Å². The number of hydrogen-bond acceptors (Lipinski definition) is 4. The van der Waals surface area contributed by atoms with Gasteiger partial charge in [0.15, 0.2) is 5.03 Å². The Kier molecular flexibility index (Phi) is 4.64. The van der Waals surface area contributed by atoms with E-state index in [2.05, 4.69) is 9.71 Å². The number of anilines is 1. The van der Waals surface area contributed by atoms with Crippen LogP contribution in [0, 0.1) is 0 Å². The van der Waals surface area contributed by atoms with E-state index in [0.29, 0.717) is 13.0 Å². The van der Waals surface area contributed by atoms with Gasteiger partial charge in [-0.1, -0.05) is 12.1 Å². The molecule has 0 aliphatic carbocycles. The van der Waals surface area contributed by atoms with Crippen LogP contribution < -0.4 is 9.62 Å². The van der Waals surface area contributed by atoms with Crippen molar-refractivity contribution in [3.05, 3.63) is 42.4 Å². The molecule has 0 saturated heterocycles. The first kappa shape index (κ1) is 15.5. The molecule has 1 N–H and O–H groups in total. The number of sulfonamides is 1. The van der Waals surface area contributed by atoms with E-state index in [9.17, 15) is 8.42 Å². The molecule has 0 fully saturated rings. The van der Waals surface area contributed by atoms with Gasteiger partial charge in [0.05, 0.1) is 6.33 Å². The summed E-state index contributed by atoms with van der Waals surface area (Å²) >= 11 is 0. The van der Waals surface area contributed by atoms with Gasteiger partial charge < -0.3 is 9.47 Å². The van der Waals surface area contributed by atoms with E-state index in [0.717, 1.165) is 11.3 Å². The summed E-state index contributed by atoms with van der Waals surface area (Å²) < 4.78 is 28.1. The molecule has 7 heteroatoms. The highest BCUT2D eigenvalue weighted by Gasteiger charge is 2.15. The maximum atomic E-state index is 12.0. The SMILES string of the molecule is CN(C)c1ccc(CCNS(=O)(=O)c2cn(C)cn2)cc1. The van der Waals surface area contributed by atoms with Crippen LogP contribution >= 0.6 is 0 Å². The predicted octanol–water partition coefficient (Wildman–Crippen LogP) is 1.01. The summed E-state index contributed by atoms with van der Waals surface area (Å²) in [5.41, 5.74) is 2.21. The standard InChI is InChI=1S/C14H20N4O2S/c1-17(2)13-6-4-12(5-7-13)8-9-16-21(19,20)14-10-18(3)11-15-14/h4-7,10-11,16H,8-9H2,1-3H3. The van der Waals surface area contributed by atoms with Crippen LogP contribution in [0.3, 0.4) is 0 Å². The van der Waals surface area contributed by atoms with Gasteiger partial charge in [-0.05, 0) is 24.1 Å². The Morgan fingerprint density at radius 1 is 1.24 bits per heavy atom. The van der Waals surface area contributed by atoms with Crippen LogP contribution in [-0.2, 0) is 23.5 Å². The number of aromatic nitrogens is 2. The Bertz CT molecular complexity index is 690. The monoisotopic (exact) mass is 308 g/mol. The second kappa shape index (κ2) is 6.28. The largest absolute Gasteiger partial charge is 0.378 e. The highest BCUT2D eigenvalue weighted by molar-refractivity contribution is 7.89. The molecule has 0 atom stereocenters. The minimum absolute atomic E-state index is 0.0490. The first-order valence-corrected chi connectivity index (χ1v) is 8.11. The van der Waals surface area contributed by atoms with Gasteiger partial charge in [-0.15, -0.1) is 0 Å². The van der Waals surface area contributed by atoms with Crippen LogP contribution in [0.1, 0.15) is 5.56 Å². The molecule has 21 heavy (non-hydrogen) atoms. The number of aryl methyl sites for hydroxylation is 1. The quantitative estimate of drug-likeness (QED) is 0.865. The minimum atomic E-state index is -3.52. The Morgan fingerprint density at radius 3 is 2.43 bits per heavy atom. The molecule has 0 radical (unpaired) electrons. The molecule has 6 nitrogen and oxygen atoms in total. The van der Waals surface area contributed by atoms with Crippen LogP contribution in [-0.4, -0.2) is 38.6 Å². The van der Waals surface area contributed by atoms with Crippen LogP contribution in [0.4, 0.5) is 5.69 Å². The summed E-state index contributed by atoms with van der Waals surface area (Å²) in [6, 6.07) is 8.04. The Morgan fingerprint density at radius 2 is 1.90 bits per heavy atom. The van der Waals surface area contributed by atoms with Crippen LogP contribution in [0.5, 0.6) is 0 Å². The third-order valence-corrected chi connectivity index (χ3v) is 4.46. The molecule has 1 aromatic heterocycles. The number of hydrogen-bond donors (Lipinski definition) is 1. The first-order chi connectivity index (χ1) is 9.88. The zero-order chi connectivity index (χ0) is 15.5. The molecule has 0 unspecified atom stereocenters. The van der Waals surface area contributed by atoms with Crippen LogP contribution in [0.25, 0.3) is 0 Å². The maximum Gasteiger partial charge on any atom is 0.259 e. The summed E-state index contributed by atoms with van der Waals surface area (Å²) in [6.07, 6.45) is 3.59. The second-order valence-electron chi connectivity index (χ2n) is 5.09. The highest BCUT2D eigenvalue weighted by Crippen LogP contribution is 2.12. The molecule has 0 amide bonds. The number of rotatable bonds is 6. The molecule has 114 valence electrons. The Hall–Kier alpha value is -1.86. The lowest BCUT2D eigenvalue weighted by atomic mass is 10.1. The highest BCUT2D eigenvalue weighted by atomic mass is 32.2. The van der Waals surface area contributed by atoms with Gasteiger partial charge in [0.25, 0.3) is 10.0 Å². The van der Waals surface area contributed by atoms with E-state index in [4.69, 9.17) is 0 Å². The maximum absolute atomic E-state index is 12.0. The van der Waals surface area contributed by atoms with E-state index in [-0.39, 0.29) is 5.03 Å². The third kappa shape index (κ3) is 4.05. The second-order valence-corrected chi connectivity index (χ2v) is 6.80. The van der Waals surface area contributed by atoms with Crippen molar-refractivity contribution in [3.8, 4) is 0 Å². The van der Waals surface area contributed by atoms with Crippen molar-refractivity contribution in [2.24, 2.45) is 7.05 Å². The van der Waals surface area contributed by atoms with Gasteiger partial charge in [0.2, 0.25) is 0 Å². The molecule has 0 spiro atoms. The molecule has 0 bridgehead atoms. The minimum Gasteiger partial charge on any atom is -0.378 e. The molecule has 2 rings (SSSR count). The summed E-state index contributed by atoms with van der Waals surface area (Å²) in [5.74, 6) is 0. The van der Waals surface area contributed by atoms with Gasteiger partial charge in [-0.25, -0.2) is 18.1 Å². The number of benzene rings is 1. The molecule has 1 heterocycles. The molecule has 0 aliphatic rings. The fraction of sp³-hybridized carbons (Fsp3) is 0.357. The fourth-order valence-electron chi connectivity index (χ4n) is 1.89. The molecule has 1 aromatic carbocycles. The Balaban J connectivity index is 1.92. The van der Waals surface area contributed by atoms with Gasteiger partial charge in [-0.2, -0.15) is 0 Å². The van der Waals surface area contributed by atoms with Gasteiger partial charge in [-0.3, -0.25) is 0 Å². The number of nitrogens with zero attached hydrogens (tertiary/aromatic N) is 3. The normalized spacial score (nSPS) is 11.6. The summed E-state index contributed by atoms with van der Waals surface area (Å²) in [4.78, 5) is 5.87. The van der Waals surface area contributed by atoms with Gasteiger partial charge in [0, 0.05) is 39.6 Å². The smallest absolute Gasteiger partial charge is 0.259 e. The fourth-order valence-corrected chi connectivity index (χ4v) is 2.90.